The molecule has 2 aromatic carbocycles. The molecule has 0 spiro atoms. The van der Waals surface area contributed by atoms with E-state index in [1.807, 2.05) is 12.1 Å². The van der Waals surface area contributed by atoms with Crippen LogP contribution >= 0.6 is 11.6 Å². The molecule has 110 valence electrons. The Morgan fingerprint density at radius 2 is 1.77 bits per heavy atom. The molecule has 1 aliphatic heterocycles. The number of pyridine rings is 1. The summed E-state index contributed by atoms with van der Waals surface area (Å²) >= 11 is 6.30. The molecule has 1 aliphatic rings. The zero-order chi connectivity index (χ0) is 14.9. The van der Waals surface area contributed by atoms with Crippen LogP contribution in [0.5, 0.6) is 0 Å². The summed E-state index contributed by atoms with van der Waals surface area (Å²) in [6, 6.07) is 18.8. The molecule has 0 saturated heterocycles. The van der Waals surface area contributed by atoms with E-state index in [9.17, 15) is 0 Å². The Hall–Kier alpha value is -2.06. The van der Waals surface area contributed by atoms with Crippen molar-refractivity contribution in [3.63, 3.8) is 0 Å². The first-order chi connectivity index (χ1) is 10.8. The molecule has 1 aromatic heterocycles. The third-order valence-electron chi connectivity index (χ3n) is 4.33. The molecule has 22 heavy (non-hydrogen) atoms. The first kappa shape index (κ1) is 13.6. The van der Waals surface area contributed by atoms with Crippen LogP contribution < -0.4 is 4.90 Å². The second-order valence-electron chi connectivity index (χ2n) is 5.77. The quantitative estimate of drug-likeness (QED) is 0.639. The van der Waals surface area contributed by atoms with Gasteiger partial charge in [-0.05, 0) is 42.2 Å². The molecule has 3 aromatic rings. The highest BCUT2D eigenvalue weighted by atomic mass is 35.5. The first-order valence-electron chi connectivity index (χ1n) is 7.68. The van der Waals surface area contributed by atoms with Crippen LogP contribution in [0, 0.1) is 0 Å². The molecule has 3 heteroatoms. The Labute approximate surface area is 135 Å². The van der Waals surface area contributed by atoms with E-state index in [0.717, 1.165) is 47.7 Å². The van der Waals surface area contributed by atoms with Gasteiger partial charge < -0.3 is 4.90 Å². The average Bonchev–Trinajstić information content (AvgIpc) is 2.77. The fourth-order valence-electron chi connectivity index (χ4n) is 3.17. The lowest BCUT2D eigenvalue weighted by Gasteiger charge is -2.22. The molecule has 0 atom stereocenters. The Balaban J connectivity index is 1.74. The number of halogens is 1. The van der Waals surface area contributed by atoms with E-state index in [2.05, 4.69) is 47.4 Å². The number of nitrogens with zero attached hydrogens (tertiary/aromatic N) is 2. The minimum Gasteiger partial charge on any atom is -0.352 e. The number of hydrogen-bond acceptors (Lipinski definition) is 2. The predicted octanol–water partition coefficient (Wildman–Crippen LogP) is 4.84. The topological polar surface area (TPSA) is 16.1 Å². The molecule has 0 saturated carbocycles. The molecule has 0 fully saturated rings. The Bertz CT molecular complexity index is 829. The lowest BCUT2D eigenvalue weighted by atomic mass is 10.0. The SMILES string of the molecule is Clc1cccc2ccc(N3CCCc4ccccc4C3)nc12. The Morgan fingerprint density at radius 3 is 2.68 bits per heavy atom. The molecule has 4 rings (SSSR count). The minimum absolute atomic E-state index is 0.717. The summed E-state index contributed by atoms with van der Waals surface area (Å²) in [5, 5.41) is 1.81. The zero-order valence-corrected chi connectivity index (χ0v) is 13.1. The highest BCUT2D eigenvalue weighted by Crippen LogP contribution is 2.27. The fraction of sp³-hybridized carbons (Fsp3) is 0.211. The maximum Gasteiger partial charge on any atom is 0.129 e. The van der Waals surface area contributed by atoms with Gasteiger partial charge in [0.05, 0.1) is 10.5 Å². The second-order valence-corrected chi connectivity index (χ2v) is 6.18. The minimum atomic E-state index is 0.717. The van der Waals surface area contributed by atoms with Crippen molar-refractivity contribution in [2.24, 2.45) is 0 Å². The van der Waals surface area contributed by atoms with Crippen molar-refractivity contribution in [3.8, 4) is 0 Å². The highest BCUT2D eigenvalue weighted by molar-refractivity contribution is 6.35. The van der Waals surface area contributed by atoms with Gasteiger partial charge in [-0.2, -0.15) is 0 Å². The molecule has 0 amide bonds. The maximum atomic E-state index is 6.30. The van der Waals surface area contributed by atoms with Gasteiger partial charge in [-0.3, -0.25) is 0 Å². The van der Waals surface area contributed by atoms with Crippen LogP contribution in [0.25, 0.3) is 10.9 Å². The summed E-state index contributed by atoms with van der Waals surface area (Å²) in [7, 11) is 0. The van der Waals surface area contributed by atoms with Crippen molar-refractivity contribution < 1.29 is 0 Å². The van der Waals surface area contributed by atoms with Crippen LogP contribution in [-0.2, 0) is 13.0 Å². The van der Waals surface area contributed by atoms with Gasteiger partial charge in [0.1, 0.15) is 5.82 Å². The van der Waals surface area contributed by atoms with Crippen molar-refractivity contribution in [1.29, 1.82) is 0 Å². The van der Waals surface area contributed by atoms with E-state index in [1.165, 1.54) is 11.1 Å². The highest BCUT2D eigenvalue weighted by Gasteiger charge is 2.16. The van der Waals surface area contributed by atoms with Gasteiger partial charge in [0.25, 0.3) is 0 Å². The third kappa shape index (κ3) is 2.44. The number of para-hydroxylation sites is 1. The third-order valence-corrected chi connectivity index (χ3v) is 4.64. The van der Waals surface area contributed by atoms with Crippen molar-refractivity contribution in [3.05, 3.63) is 70.7 Å². The summed E-state index contributed by atoms with van der Waals surface area (Å²) in [4.78, 5) is 7.16. The van der Waals surface area contributed by atoms with E-state index in [-0.39, 0.29) is 0 Å². The van der Waals surface area contributed by atoms with Gasteiger partial charge in [-0.25, -0.2) is 4.98 Å². The normalized spacial score (nSPS) is 14.7. The van der Waals surface area contributed by atoms with Crippen molar-refractivity contribution in [2.75, 3.05) is 11.4 Å². The summed E-state index contributed by atoms with van der Waals surface area (Å²) in [6.07, 6.45) is 2.29. The molecule has 0 aliphatic carbocycles. The van der Waals surface area contributed by atoms with Crippen LogP contribution in [0.3, 0.4) is 0 Å². The lowest BCUT2D eigenvalue weighted by Crippen LogP contribution is -2.23. The molecule has 0 unspecified atom stereocenters. The van der Waals surface area contributed by atoms with Crippen LogP contribution in [0.1, 0.15) is 17.5 Å². The number of benzene rings is 2. The summed E-state index contributed by atoms with van der Waals surface area (Å²) in [5.41, 5.74) is 3.75. The van der Waals surface area contributed by atoms with Gasteiger partial charge >= 0.3 is 0 Å². The molecule has 2 heterocycles. The molecular weight excluding hydrogens is 292 g/mol. The van der Waals surface area contributed by atoms with Crippen LogP contribution in [0.2, 0.25) is 5.02 Å². The van der Waals surface area contributed by atoms with E-state index in [0.29, 0.717) is 0 Å². The molecule has 0 radical (unpaired) electrons. The average molecular weight is 309 g/mol. The summed E-state index contributed by atoms with van der Waals surface area (Å²) < 4.78 is 0. The first-order valence-corrected chi connectivity index (χ1v) is 8.06. The number of anilines is 1. The number of aromatic nitrogens is 1. The monoisotopic (exact) mass is 308 g/mol. The van der Waals surface area contributed by atoms with Crippen molar-refractivity contribution in [1.82, 2.24) is 4.98 Å². The van der Waals surface area contributed by atoms with Crippen LogP contribution in [-0.4, -0.2) is 11.5 Å². The standard InChI is InChI=1S/C19H17ClN2/c20-17-9-3-7-15-10-11-18(21-19(15)17)22-12-4-8-14-5-1-2-6-16(14)13-22/h1-3,5-7,9-11H,4,8,12-13H2. The zero-order valence-electron chi connectivity index (χ0n) is 12.3. The summed E-state index contributed by atoms with van der Waals surface area (Å²) in [5.74, 6) is 1.01. The van der Waals surface area contributed by atoms with E-state index in [1.54, 1.807) is 0 Å². The van der Waals surface area contributed by atoms with Crippen molar-refractivity contribution in [2.45, 2.75) is 19.4 Å². The summed E-state index contributed by atoms with van der Waals surface area (Å²) in [6.45, 7) is 1.94. The maximum absolute atomic E-state index is 6.30. The van der Waals surface area contributed by atoms with Gasteiger partial charge in [-0.1, -0.05) is 48.0 Å². The number of fused-ring (bicyclic) bond motifs is 2. The number of hydrogen-bond donors (Lipinski definition) is 0. The molecular formula is C19H17ClN2. The molecule has 2 nitrogen and oxygen atoms in total. The van der Waals surface area contributed by atoms with Crippen LogP contribution in [0.4, 0.5) is 5.82 Å². The van der Waals surface area contributed by atoms with Gasteiger partial charge in [0.2, 0.25) is 0 Å². The van der Waals surface area contributed by atoms with Gasteiger partial charge in [0, 0.05) is 18.5 Å². The number of rotatable bonds is 1. The predicted molar refractivity (Wildman–Crippen MR) is 92.6 cm³/mol. The second kappa shape index (κ2) is 5.62. The van der Waals surface area contributed by atoms with Gasteiger partial charge in [0.15, 0.2) is 0 Å². The van der Waals surface area contributed by atoms with E-state index < -0.39 is 0 Å². The fourth-order valence-corrected chi connectivity index (χ4v) is 3.40. The van der Waals surface area contributed by atoms with Gasteiger partial charge in [-0.15, -0.1) is 0 Å². The van der Waals surface area contributed by atoms with Crippen molar-refractivity contribution >= 4 is 28.3 Å². The van der Waals surface area contributed by atoms with E-state index in [4.69, 9.17) is 16.6 Å². The smallest absolute Gasteiger partial charge is 0.129 e. The Morgan fingerprint density at radius 1 is 0.909 bits per heavy atom. The lowest BCUT2D eigenvalue weighted by molar-refractivity contribution is 0.756. The largest absolute Gasteiger partial charge is 0.352 e. The molecule has 0 N–H and O–H groups in total. The number of aryl methyl sites for hydroxylation is 1. The van der Waals surface area contributed by atoms with E-state index >= 15 is 0 Å². The Kier molecular flexibility index (Phi) is 3.47. The molecule has 0 bridgehead atoms. The van der Waals surface area contributed by atoms with Crippen LogP contribution in [0.15, 0.2) is 54.6 Å².